The first kappa shape index (κ1) is 10.8. The van der Waals surface area contributed by atoms with Gasteiger partial charge in [0.05, 0.1) is 5.84 Å². The SMILES string of the molecule is Cl.N=C(N)CC1CCCCC1. The predicted molar refractivity (Wildman–Crippen MR) is 50.4 cm³/mol. The molecule has 66 valence electrons. The van der Waals surface area contributed by atoms with Crippen LogP contribution in [0.4, 0.5) is 0 Å². The van der Waals surface area contributed by atoms with Gasteiger partial charge in [-0.3, -0.25) is 5.41 Å². The van der Waals surface area contributed by atoms with Crippen molar-refractivity contribution < 1.29 is 0 Å². The van der Waals surface area contributed by atoms with Gasteiger partial charge in [0, 0.05) is 6.42 Å². The summed E-state index contributed by atoms with van der Waals surface area (Å²) in [6.45, 7) is 0. The molecule has 3 N–H and O–H groups in total. The number of amidine groups is 1. The molecule has 11 heavy (non-hydrogen) atoms. The summed E-state index contributed by atoms with van der Waals surface area (Å²) in [6.07, 6.45) is 7.49. The first-order valence-corrected chi connectivity index (χ1v) is 4.12. The molecule has 0 aromatic rings. The molecule has 0 bridgehead atoms. The maximum Gasteiger partial charge on any atom is 0.0908 e. The molecule has 0 aliphatic heterocycles. The molecule has 1 aliphatic rings. The zero-order chi connectivity index (χ0) is 7.40. The molecule has 0 radical (unpaired) electrons. The fourth-order valence-electron chi connectivity index (χ4n) is 1.70. The zero-order valence-corrected chi connectivity index (χ0v) is 7.62. The van der Waals surface area contributed by atoms with Crippen molar-refractivity contribution in [3.05, 3.63) is 0 Å². The van der Waals surface area contributed by atoms with Crippen LogP contribution in [0.2, 0.25) is 0 Å². The minimum Gasteiger partial charge on any atom is -0.388 e. The van der Waals surface area contributed by atoms with E-state index in [4.69, 9.17) is 11.1 Å². The number of halogens is 1. The molecule has 0 unspecified atom stereocenters. The molecule has 1 rings (SSSR count). The molecule has 3 heteroatoms. The number of hydrogen-bond acceptors (Lipinski definition) is 1. The van der Waals surface area contributed by atoms with Crippen LogP contribution < -0.4 is 5.73 Å². The van der Waals surface area contributed by atoms with E-state index in [1.54, 1.807) is 0 Å². The third-order valence-corrected chi connectivity index (χ3v) is 2.23. The number of nitrogens with one attached hydrogen (secondary N) is 1. The van der Waals surface area contributed by atoms with E-state index < -0.39 is 0 Å². The zero-order valence-electron chi connectivity index (χ0n) is 6.81. The van der Waals surface area contributed by atoms with Gasteiger partial charge >= 0.3 is 0 Å². The van der Waals surface area contributed by atoms with E-state index in [0.29, 0.717) is 5.84 Å². The summed E-state index contributed by atoms with van der Waals surface area (Å²) in [5.74, 6) is 1.10. The summed E-state index contributed by atoms with van der Waals surface area (Å²) >= 11 is 0. The Labute approximate surface area is 74.5 Å². The highest BCUT2D eigenvalue weighted by Gasteiger charge is 2.13. The van der Waals surface area contributed by atoms with Gasteiger partial charge in [-0.15, -0.1) is 12.4 Å². The van der Waals surface area contributed by atoms with E-state index in [1.807, 2.05) is 0 Å². The average Bonchev–Trinajstić information content (AvgIpc) is 1.88. The van der Waals surface area contributed by atoms with Crippen molar-refractivity contribution >= 4 is 18.2 Å². The molecule has 0 aromatic carbocycles. The highest BCUT2D eigenvalue weighted by molar-refractivity contribution is 5.85. The Bertz CT molecular complexity index is 119. The van der Waals surface area contributed by atoms with Crippen LogP contribution >= 0.6 is 12.4 Å². The molecule has 0 aromatic heterocycles. The van der Waals surface area contributed by atoms with Gasteiger partial charge < -0.3 is 5.73 Å². The molecule has 1 fully saturated rings. The van der Waals surface area contributed by atoms with Crippen LogP contribution in [0.1, 0.15) is 38.5 Å². The molecular weight excluding hydrogens is 160 g/mol. The third kappa shape index (κ3) is 4.25. The Morgan fingerprint density at radius 2 is 1.82 bits per heavy atom. The lowest BCUT2D eigenvalue weighted by Crippen LogP contribution is -2.17. The van der Waals surface area contributed by atoms with Crippen LogP contribution in [-0.4, -0.2) is 5.84 Å². The average molecular weight is 177 g/mol. The van der Waals surface area contributed by atoms with E-state index in [9.17, 15) is 0 Å². The summed E-state index contributed by atoms with van der Waals surface area (Å²) in [5, 5.41) is 7.11. The van der Waals surface area contributed by atoms with Crippen LogP contribution in [0.3, 0.4) is 0 Å². The highest BCUT2D eigenvalue weighted by Crippen LogP contribution is 2.25. The fraction of sp³-hybridized carbons (Fsp3) is 0.875. The third-order valence-electron chi connectivity index (χ3n) is 2.23. The second-order valence-electron chi connectivity index (χ2n) is 3.23. The first-order chi connectivity index (χ1) is 4.79. The lowest BCUT2D eigenvalue weighted by Gasteiger charge is -2.20. The minimum absolute atomic E-state index is 0. The van der Waals surface area contributed by atoms with Crippen LogP contribution in [0.25, 0.3) is 0 Å². The largest absolute Gasteiger partial charge is 0.388 e. The Morgan fingerprint density at radius 1 is 1.27 bits per heavy atom. The summed E-state index contributed by atoms with van der Waals surface area (Å²) in [5.41, 5.74) is 5.31. The van der Waals surface area contributed by atoms with Crippen LogP contribution in [0.5, 0.6) is 0 Å². The van der Waals surface area contributed by atoms with Gasteiger partial charge in [-0.05, 0) is 5.92 Å². The highest BCUT2D eigenvalue weighted by atomic mass is 35.5. The standard InChI is InChI=1S/C8H16N2.ClH/c9-8(10)6-7-4-2-1-3-5-7;/h7H,1-6H2,(H3,9,10);1H. The van der Waals surface area contributed by atoms with Gasteiger partial charge in [-0.1, -0.05) is 32.1 Å². The predicted octanol–water partition coefficient (Wildman–Crippen LogP) is 2.31. The normalized spacial score (nSPS) is 18.9. The molecule has 0 saturated heterocycles. The molecule has 0 spiro atoms. The van der Waals surface area contributed by atoms with E-state index in [2.05, 4.69) is 0 Å². The summed E-state index contributed by atoms with van der Waals surface area (Å²) < 4.78 is 0. The quantitative estimate of drug-likeness (QED) is 0.493. The minimum atomic E-state index is 0. The van der Waals surface area contributed by atoms with Crippen molar-refractivity contribution in [2.24, 2.45) is 11.7 Å². The Kier molecular flexibility index (Phi) is 5.30. The molecule has 0 amide bonds. The first-order valence-electron chi connectivity index (χ1n) is 4.12. The molecular formula is C8H17ClN2. The molecule has 1 saturated carbocycles. The Hall–Kier alpha value is -0.240. The summed E-state index contributed by atoms with van der Waals surface area (Å²) in [6, 6.07) is 0. The smallest absolute Gasteiger partial charge is 0.0908 e. The maximum atomic E-state index is 7.11. The Balaban J connectivity index is 0.000001000. The van der Waals surface area contributed by atoms with Gasteiger partial charge in [-0.25, -0.2) is 0 Å². The van der Waals surface area contributed by atoms with E-state index in [0.717, 1.165) is 12.3 Å². The van der Waals surface area contributed by atoms with Gasteiger partial charge in [0.2, 0.25) is 0 Å². The Morgan fingerprint density at radius 3 is 2.27 bits per heavy atom. The monoisotopic (exact) mass is 176 g/mol. The molecule has 0 heterocycles. The number of nitrogens with two attached hydrogens (primary N) is 1. The fourth-order valence-corrected chi connectivity index (χ4v) is 1.70. The number of rotatable bonds is 2. The van der Waals surface area contributed by atoms with Crippen molar-refractivity contribution in [3.8, 4) is 0 Å². The lowest BCUT2D eigenvalue weighted by atomic mass is 9.87. The van der Waals surface area contributed by atoms with Crippen molar-refractivity contribution in [1.82, 2.24) is 0 Å². The lowest BCUT2D eigenvalue weighted by molar-refractivity contribution is 0.367. The van der Waals surface area contributed by atoms with Crippen LogP contribution in [0, 0.1) is 11.3 Å². The second-order valence-corrected chi connectivity index (χ2v) is 3.23. The molecule has 1 aliphatic carbocycles. The summed E-state index contributed by atoms with van der Waals surface area (Å²) in [7, 11) is 0. The van der Waals surface area contributed by atoms with Crippen molar-refractivity contribution in [2.75, 3.05) is 0 Å². The van der Waals surface area contributed by atoms with Gasteiger partial charge in [-0.2, -0.15) is 0 Å². The molecule has 0 atom stereocenters. The van der Waals surface area contributed by atoms with Crippen molar-refractivity contribution in [3.63, 3.8) is 0 Å². The molecule has 2 nitrogen and oxygen atoms in total. The van der Waals surface area contributed by atoms with E-state index in [-0.39, 0.29) is 12.4 Å². The van der Waals surface area contributed by atoms with Crippen LogP contribution in [0.15, 0.2) is 0 Å². The van der Waals surface area contributed by atoms with E-state index in [1.165, 1.54) is 32.1 Å². The topological polar surface area (TPSA) is 49.9 Å². The maximum absolute atomic E-state index is 7.11. The van der Waals surface area contributed by atoms with Gasteiger partial charge in [0.1, 0.15) is 0 Å². The second kappa shape index (κ2) is 5.42. The van der Waals surface area contributed by atoms with Gasteiger partial charge in [0.25, 0.3) is 0 Å². The van der Waals surface area contributed by atoms with Crippen molar-refractivity contribution in [1.29, 1.82) is 5.41 Å². The van der Waals surface area contributed by atoms with Crippen molar-refractivity contribution in [2.45, 2.75) is 38.5 Å². The summed E-state index contributed by atoms with van der Waals surface area (Å²) in [4.78, 5) is 0. The number of hydrogen-bond donors (Lipinski definition) is 2. The van der Waals surface area contributed by atoms with Gasteiger partial charge in [0.15, 0.2) is 0 Å². The van der Waals surface area contributed by atoms with Crippen LogP contribution in [-0.2, 0) is 0 Å². The van der Waals surface area contributed by atoms with E-state index >= 15 is 0 Å².